The fourth-order valence-corrected chi connectivity index (χ4v) is 3.31. The van der Waals surface area contributed by atoms with E-state index in [2.05, 4.69) is 10.2 Å². The number of carbonyl (C=O) groups is 1. The molecule has 1 aromatic rings. The smallest absolute Gasteiger partial charge is 0.317 e. The Labute approximate surface area is 154 Å². The van der Waals surface area contributed by atoms with Gasteiger partial charge in [-0.05, 0) is 44.8 Å². The molecule has 1 heterocycles. The number of ether oxygens (including phenoxy) is 1. The van der Waals surface area contributed by atoms with Gasteiger partial charge in [-0.15, -0.1) is 0 Å². The maximum absolute atomic E-state index is 13.8. The van der Waals surface area contributed by atoms with Crippen LogP contribution in [0, 0.1) is 17.6 Å². The molecule has 1 aliphatic heterocycles. The highest BCUT2D eigenvalue weighted by Crippen LogP contribution is 2.20. The van der Waals surface area contributed by atoms with Crippen LogP contribution in [0.15, 0.2) is 18.2 Å². The molecule has 0 bridgehead atoms. The highest BCUT2D eigenvalue weighted by atomic mass is 19.1. The Morgan fingerprint density at radius 1 is 1.38 bits per heavy atom. The van der Waals surface area contributed by atoms with Crippen molar-refractivity contribution < 1.29 is 18.3 Å². The lowest BCUT2D eigenvalue weighted by Crippen LogP contribution is -2.44. The van der Waals surface area contributed by atoms with Gasteiger partial charge in [0.25, 0.3) is 0 Å². The predicted molar refractivity (Wildman–Crippen MR) is 97.0 cm³/mol. The molecule has 2 amide bonds. The van der Waals surface area contributed by atoms with Gasteiger partial charge in [0.05, 0.1) is 12.6 Å². The molecule has 5 nitrogen and oxygen atoms in total. The van der Waals surface area contributed by atoms with Crippen molar-refractivity contribution in [2.45, 2.75) is 25.8 Å². The minimum Gasteiger partial charge on any atom is -0.383 e. The zero-order chi connectivity index (χ0) is 19.1. The van der Waals surface area contributed by atoms with Gasteiger partial charge < -0.3 is 19.9 Å². The Morgan fingerprint density at radius 3 is 2.69 bits per heavy atom. The topological polar surface area (TPSA) is 44.8 Å². The second kappa shape index (κ2) is 9.83. The molecule has 0 saturated carbocycles. The molecule has 1 saturated heterocycles. The van der Waals surface area contributed by atoms with Crippen LogP contribution in [0.2, 0.25) is 0 Å². The standard InChI is InChI=1S/C19H29F2N3O2/c1-14(17-5-4-16(20)12-18(17)21)22-19(25)23(2)13-15-6-8-24(9-7-15)10-11-26-3/h4-5,12,14-15H,6-11,13H2,1-3H3,(H,22,25)/t14-/m1/s1. The molecular formula is C19H29F2N3O2. The molecule has 0 aliphatic carbocycles. The summed E-state index contributed by atoms with van der Waals surface area (Å²) in [5, 5.41) is 2.78. The van der Waals surface area contributed by atoms with Crippen molar-refractivity contribution in [3.8, 4) is 0 Å². The highest BCUT2D eigenvalue weighted by Gasteiger charge is 2.23. The normalized spacial score (nSPS) is 17.1. The Morgan fingerprint density at radius 2 is 2.08 bits per heavy atom. The first-order valence-corrected chi connectivity index (χ1v) is 9.08. The van der Waals surface area contributed by atoms with Crippen molar-refractivity contribution in [2.24, 2.45) is 5.92 Å². The van der Waals surface area contributed by atoms with Gasteiger partial charge >= 0.3 is 6.03 Å². The van der Waals surface area contributed by atoms with Crippen molar-refractivity contribution >= 4 is 6.03 Å². The second-order valence-corrected chi connectivity index (χ2v) is 7.00. The first-order valence-electron chi connectivity index (χ1n) is 9.08. The summed E-state index contributed by atoms with van der Waals surface area (Å²) in [4.78, 5) is 16.4. The summed E-state index contributed by atoms with van der Waals surface area (Å²) in [6.07, 6.45) is 2.09. The minimum atomic E-state index is -0.649. The monoisotopic (exact) mass is 369 g/mol. The average molecular weight is 369 g/mol. The Kier molecular flexibility index (Phi) is 7.78. The molecule has 26 heavy (non-hydrogen) atoms. The van der Waals surface area contributed by atoms with E-state index in [4.69, 9.17) is 4.74 Å². The van der Waals surface area contributed by atoms with Gasteiger partial charge in [-0.3, -0.25) is 0 Å². The van der Waals surface area contributed by atoms with Gasteiger partial charge in [-0.1, -0.05) is 6.07 Å². The van der Waals surface area contributed by atoms with Crippen molar-refractivity contribution in [2.75, 3.05) is 46.9 Å². The number of amides is 2. The molecule has 0 radical (unpaired) electrons. The lowest BCUT2D eigenvalue weighted by atomic mass is 9.96. The zero-order valence-electron chi connectivity index (χ0n) is 15.8. The third-order valence-electron chi connectivity index (χ3n) is 4.97. The maximum Gasteiger partial charge on any atom is 0.317 e. The van der Waals surface area contributed by atoms with E-state index in [1.807, 2.05) is 0 Å². The third kappa shape index (κ3) is 5.92. The Bertz CT molecular complexity index is 592. The molecule has 1 atom stereocenters. The first-order chi connectivity index (χ1) is 12.4. The average Bonchev–Trinajstić information content (AvgIpc) is 2.60. The lowest BCUT2D eigenvalue weighted by molar-refractivity contribution is 0.112. The molecule has 1 fully saturated rings. The fraction of sp³-hybridized carbons (Fsp3) is 0.632. The number of likely N-dealkylation sites (tertiary alicyclic amines) is 1. The molecular weight excluding hydrogens is 340 g/mol. The maximum atomic E-state index is 13.8. The van der Waals surface area contributed by atoms with Gasteiger partial charge in [0.2, 0.25) is 0 Å². The number of piperidine rings is 1. The van der Waals surface area contributed by atoms with E-state index < -0.39 is 17.7 Å². The number of hydrogen-bond acceptors (Lipinski definition) is 3. The van der Waals surface area contributed by atoms with Crippen molar-refractivity contribution in [3.63, 3.8) is 0 Å². The summed E-state index contributed by atoms with van der Waals surface area (Å²) in [5.74, 6) is -0.815. The highest BCUT2D eigenvalue weighted by molar-refractivity contribution is 5.74. The predicted octanol–water partition coefficient (Wildman–Crippen LogP) is 3.03. The van der Waals surface area contributed by atoms with E-state index >= 15 is 0 Å². The molecule has 1 aromatic carbocycles. The Balaban J connectivity index is 1.79. The molecule has 0 unspecified atom stereocenters. The van der Waals surface area contributed by atoms with Crippen molar-refractivity contribution in [3.05, 3.63) is 35.4 Å². The van der Waals surface area contributed by atoms with Gasteiger partial charge in [-0.25, -0.2) is 13.6 Å². The summed E-state index contributed by atoms with van der Waals surface area (Å²) in [5.41, 5.74) is 0.277. The summed E-state index contributed by atoms with van der Waals surface area (Å²) >= 11 is 0. The molecule has 146 valence electrons. The number of urea groups is 1. The number of rotatable bonds is 7. The van der Waals surface area contributed by atoms with E-state index in [9.17, 15) is 13.6 Å². The van der Waals surface area contributed by atoms with E-state index in [1.165, 1.54) is 12.1 Å². The van der Waals surface area contributed by atoms with Crippen LogP contribution in [-0.2, 0) is 4.74 Å². The molecule has 2 rings (SSSR count). The largest absolute Gasteiger partial charge is 0.383 e. The molecule has 0 aromatic heterocycles. The number of carbonyl (C=O) groups excluding carboxylic acids is 1. The second-order valence-electron chi connectivity index (χ2n) is 7.00. The number of benzene rings is 1. The quantitative estimate of drug-likeness (QED) is 0.804. The van der Waals surface area contributed by atoms with Gasteiger partial charge in [0.15, 0.2) is 0 Å². The summed E-state index contributed by atoms with van der Waals surface area (Å²) < 4.78 is 31.9. The van der Waals surface area contributed by atoms with Gasteiger partial charge in [0, 0.05) is 38.9 Å². The van der Waals surface area contributed by atoms with Crippen LogP contribution in [0.4, 0.5) is 13.6 Å². The first kappa shape index (κ1) is 20.6. The minimum absolute atomic E-state index is 0.247. The summed E-state index contributed by atoms with van der Waals surface area (Å²) in [7, 11) is 3.46. The molecule has 0 spiro atoms. The van der Waals surface area contributed by atoms with Crippen LogP contribution in [0.5, 0.6) is 0 Å². The van der Waals surface area contributed by atoms with E-state index in [0.717, 1.165) is 45.1 Å². The van der Waals surface area contributed by atoms with E-state index in [1.54, 1.807) is 26.0 Å². The number of nitrogens with one attached hydrogen (secondary N) is 1. The number of methoxy groups -OCH3 is 1. The fourth-order valence-electron chi connectivity index (χ4n) is 3.31. The van der Waals surface area contributed by atoms with Crippen LogP contribution in [-0.4, -0.2) is 62.8 Å². The zero-order valence-corrected chi connectivity index (χ0v) is 15.8. The SMILES string of the molecule is COCCN1CCC(CN(C)C(=O)N[C@H](C)c2ccc(F)cc2F)CC1. The van der Waals surface area contributed by atoms with Crippen molar-refractivity contribution in [1.82, 2.24) is 15.1 Å². The molecule has 1 aliphatic rings. The van der Waals surface area contributed by atoms with Gasteiger partial charge in [-0.2, -0.15) is 0 Å². The van der Waals surface area contributed by atoms with E-state index in [-0.39, 0.29) is 11.6 Å². The summed E-state index contributed by atoms with van der Waals surface area (Å²) in [6, 6.07) is 2.62. The lowest BCUT2D eigenvalue weighted by Gasteiger charge is -2.34. The van der Waals surface area contributed by atoms with E-state index in [0.29, 0.717) is 12.5 Å². The third-order valence-corrected chi connectivity index (χ3v) is 4.97. The van der Waals surface area contributed by atoms with Crippen molar-refractivity contribution in [1.29, 1.82) is 0 Å². The van der Waals surface area contributed by atoms with Crippen LogP contribution in [0.1, 0.15) is 31.4 Å². The van der Waals surface area contributed by atoms with Crippen LogP contribution >= 0.6 is 0 Å². The summed E-state index contributed by atoms with van der Waals surface area (Å²) in [6.45, 7) is 6.07. The molecule has 1 N–H and O–H groups in total. The Hall–Kier alpha value is -1.73. The van der Waals surface area contributed by atoms with Crippen LogP contribution < -0.4 is 5.32 Å². The van der Waals surface area contributed by atoms with Crippen LogP contribution in [0.25, 0.3) is 0 Å². The number of nitrogens with zero attached hydrogens (tertiary/aromatic N) is 2. The van der Waals surface area contributed by atoms with Gasteiger partial charge in [0.1, 0.15) is 11.6 Å². The van der Waals surface area contributed by atoms with Crippen LogP contribution in [0.3, 0.4) is 0 Å². The number of halogens is 2. The molecule has 7 heteroatoms. The number of hydrogen-bond donors (Lipinski definition) is 1.